The van der Waals surface area contributed by atoms with Gasteiger partial charge in [-0.05, 0) is 12.1 Å². The van der Waals surface area contributed by atoms with E-state index >= 15 is 0 Å². The number of esters is 5. The fraction of sp³-hybridized carbons (Fsp3) is 0.227. The molecule has 0 amide bonds. The molecule has 0 aliphatic rings. The molecular formula is C22H22Na2O10S2. The molecule has 184 valence electrons. The zero-order valence-electron chi connectivity index (χ0n) is 20.9. The predicted molar refractivity (Wildman–Crippen MR) is 136 cm³/mol. The molecule has 0 aliphatic carbocycles. The van der Waals surface area contributed by atoms with Crippen LogP contribution in [0.3, 0.4) is 0 Å². The molecule has 2 radical (unpaired) electrons. The minimum Gasteiger partial charge on any atom is -0.465 e. The van der Waals surface area contributed by atoms with Gasteiger partial charge in [0.25, 0.3) is 0 Å². The average molecular weight is 557 g/mol. The van der Waals surface area contributed by atoms with Gasteiger partial charge < -0.3 is 23.7 Å². The third-order valence-corrected chi connectivity index (χ3v) is 4.92. The van der Waals surface area contributed by atoms with Gasteiger partial charge in [-0.15, -0.1) is 25.3 Å². The Morgan fingerprint density at radius 2 is 0.750 bits per heavy atom. The quantitative estimate of drug-likeness (QED) is 0.244. The van der Waals surface area contributed by atoms with Crippen molar-refractivity contribution in [1.29, 1.82) is 0 Å². The van der Waals surface area contributed by atoms with Crippen molar-refractivity contribution in [3.8, 4) is 0 Å². The second-order valence-corrected chi connectivity index (χ2v) is 6.98. The van der Waals surface area contributed by atoms with Gasteiger partial charge in [0.05, 0.1) is 63.4 Å². The number of benzene rings is 2. The van der Waals surface area contributed by atoms with E-state index in [1.807, 2.05) is 30.3 Å². The second-order valence-electron chi connectivity index (χ2n) is 6.02. The zero-order chi connectivity index (χ0) is 26.0. The average Bonchev–Trinajstić information content (AvgIpc) is 2.86. The molecule has 0 aromatic heterocycles. The first-order chi connectivity index (χ1) is 16.1. The Bertz CT molecular complexity index is 1050. The van der Waals surface area contributed by atoms with Crippen molar-refractivity contribution in [3.63, 3.8) is 0 Å². The van der Waals surface area contributed by atoms with Crippen molar-refractivity contribution in [1.82, 2.24) is 0 Å². The van der Waals surface area contributed by atoms with E-state index in [1.165, 1.54) is 0 Å². The molecule has 0 atom stereocenters. The molecule has 36 heavy (non-hydrogen) atoms. The fourth-order valence-electron chi connectivity index (χ4n) is 2.68. The third kappa shape index (κ3) is 8.80. The SMILES string of the molecule is COC(=O)c1c(S)c(C(=O)OC)c(C(=O)OC)c(C(=O)OC)c1C(=O)OC.Sc1ccccc1.[Na].[Na]. The molecule has 0 spiro atoms. The van der Waals surface area contributed by atoms with Crippen LogP contribution in [0.25, 0.3) is 0 Å². The summed E-state index contributed by atoms with van der Waals surface area (Å²) in [6.07, 6.45) is 0. The van der Waals surface area contributed by atoms with Gasteiger partial charge in [-0.1, -0.05) is 18.2 Å². The minimum absolute atomic E-state index is 0. The molecular weight excluding hydrogens is 534 g/mol. The summed E-state index contributed by atoms with van der Waals surface area (Å²) in [5, 5.41) is 0. The summed E-state index contributed by atoms with van der Waals surface area (Å²) in [6.45, 7) is 0. The number of methoxy groups -OCH3 is 5. The molecule has 14 heteroatoms. The van der Waals surface area contributed by atoms with E-state index in [-0.39, 0.29) is 59.1 Å². The standard InChI is InChI=1S/C16H16O10S.C6H6S.2Na/c1-22-12(17)6-7(13(18)23-2)9(15(20)25-4)11(27)10(16(21)26-5)8(6)14(19)24-3;7-6-4-2-1-3-5-6;;/h27H,1-5H3;1-5,7H;;. The Hall–Kier alpha value is -1.51. The normalized spacial score (nSPS) is 9.08. The van der Waals surface area contributed by atoms with Crippen molar-refractivity contribution >= 4 is 114 Å². The number of hydrogen-bond acceptors (Lipinski definition) is 12. The summed E-state index contributed by atoms with van der Waals surface area (Å²) >= 11 is 8.16. The Morgan fingerprint density at radius 1 is 0.500 bits per heavy atom. The van der Waals surface area contributed by atoms with Crippen LogP contribution >= 0.6 is 25.3 Å². The van der Waals surface area contributed by atoms with Gasteiger partial charge in [0, 0.05) is 68.9 Å². The molecule has 0 bridgehead atoms. The Kier molecular flexibility index (Phi) is 18.2. The molecule has 0 saturated heterocycles. The van der Waals surface area contributed by atoms with Crippen LogP contribution in [0.15, 0.2) is 40.1 Å². The number of hydrogen-bond donors (Lipinski definition) is 2. The van der Waals surface area contributed by atoms with Crippen LogP contribution in [0.2, 0.25) is 0 Å². The molecule has 0 N–H and O–H groups in total. The first-order valence-corrected chi connectivity index (χ1v) is 10.1. The molecule has 0 unspecified atom stereocenters. The maximum atomic E-state index is 12.4. The van der Waals surface area contributed by atoms with E-state index < -0.39 is 62.6 Å². The molecule has 0 fully saturated rings. The van der Waals surface area contributed by atoms with Crippen molar-refractivity contribution < 1.29 is 47.7 Å². The third-order valence-electron chi connectivity index (χ3n) is 4.18. The van der Waals surface area contributed by atoms with E-state index in [0.717, 1.165) is 40.4 Å². The van der Waals surface area contributed by atoms with E-state index in [0.29, 0.717) is 0 Å². The largest absolute Gasteiger partial charge is 0.465 e. The molecule has 2 aromatic rings. The monoisotopic (exact) mass is 556 g/mol. The second kappa shape index (κ2) is 17.9. The number of rotatable bonds is 5. The van der Waals surface area contributed by atoms with E-state index in [9.17, 15) is 24.0 Å². The van der Waals surface area contributed by atoms with Crippen LogP contribution in [0.1, 0.15) is 51.8 Å². The maximum absolute atomic E-state index is 12.4. The maximum Gasteiger partial charge on any atom is 0.339 e. The Morgan fingerprint density at radius 3 is 0.972 bits per heavy atom. The molecule has 0 heterocycles. The molecule has 2 rings (SSSR count). The van der Waals surface area contributed by atoms with Gasteiger partial charge in [-0.25, -0.2) is 24.0 Å². The van der Waals surface area contributed by atoms with Gasteiger partial charge in [-0.3, -0.25) is 0 Å². The predicted octanol–water partition coefficient (Wildman–Crippen LogP) is 2.12. The summed E-state index contributed by atoms with van der Waals surface area (Å²) in [5.74, 6) is -5.79. The smallest absolute Gasteiger partial charge is 0.339 e. The summed E-state index contributed by atoms with van der Waals surface area (Å²) in [6, 6.07) is 9.79. The van der Waals surface area contributed by atoms with Gasteiger partial charge in [0.15, 0.2) is 0 Å². The zero-order valence-corrected chi connectivity index (χ0v) is 26.7. The summed E-state index contributed by atoms with van der Waals surface area (Å²) in [7, 11) is 4.93. The van der Waals surface area contributed by atoms with Crippen LogP contribution in [-0.4, -0.2) is 125 Å². The molecule has 2 aromatic carbocycles. The summed E-state index contributed by atoms with van der Waals surface area (Å²) in [5.41, 5.74) is -3.24. The van der Waals surface area contributed by atoms with Gasteiger partial charge in [-0.2, -0.15) is 0 Å². The van der Waals surface area contributed by atoms with Crippen molar-refractivity contribution in [2.24, 2.45) is 0 Å². The van der Waals surface area contributed by atoms with Crippen LogP contribution < -0.4 is 0 Å². The summed E-state index contributed by atoms with van der Waals surface area (Å²) in [4.78, 5) is 62.1. The van der Waals surface area contributed by atoms with Gasteiger partial charge >= 0.3 is 29.8 Å². The molecule has 0 aliphatic heterocycles. The van der Waals surface area contributed by atoms with Crippen LogP contribution in [0.4, 0.5) is 0 Å². The van der Waals surface area contributed by atoms with Gasteiger partial charge in [0.1, 0.15) is 0 Å². The van der Waals surface area contributed by atoms with Crippen LogP contribution in [0.5, 0.6) is 0 Å². The first kappa shape index (κ1) is 36.6. The number of carbonyl (C=O) groups is 5. The topological polar surface area (TPSA) is 132 Å². The van der Waals surface area contributed by atoms with Crippen molar-refractivity contribution in [2.45, 2.75) is 9.79 Å². The van der Waals surface area contributed by atoms with Crippen molar-refractivity contribution in [2.75, 3.05) is 35.5 Å². The number of thiol groups is 2. The van der Waals surface area contributed by atoms with E-state index in [1.54, 1.807) is 0 Å². The molecule has 0 saturated carbocycles. The Balaban J connectivity index is 0. The van der Waals surface area contributed by atoms with Crippen LogP contribution in [-0.2, 0) is 23.7 Å². The minimum atomic E-state index is -1.21. The summed E-state index contributed by atoms with van der Waals surface area (Å²) < 4.78 is 23.0. The van der Waals surface area contributed by atoms with E-state index in [4.69, 9.17) is 0 Å². The molecule has 10 nitrogen and oxygen atoms in total. The first-order valence-electron chi connectivity index (χ1n) is 9.19. The van der Waals surface area contributed by atoms with Crippen molar-refractivity contribution in [3.05, 3.63) is 58.1 Å². The van der Waals surface area contributed by atoms with Gasteiger partial charge in [0.2, 0.25) is 0 Å². The number of carbonyl (C=O) groups excluding carboxylic acids is 5. The van der Waals surface area contributed by atoms with E-state index in [2.05, 4.69) is 48.9 Å². The van der Waals surface area contributed by atoms with Crippen LogP contribution in [0, 0.1) is 0 Å². The Labute approximate surface area is 263 Å². The fourth-order valence-corrected chi connectivity index (χ4v) is 3.26. The number of ether oxygens (including phenoxy) is 5.